The number of nitrogens with zero attached hydrogens (tertiary/aromatic N) is 1. The molecule has 2 amide bonds. The fraction of sp³-hybridized carbons (Fsp3) is 0.385. The second kappa shape index (κ2) is 3.44. The molecule has 0 spiro atoms. The van der Waals surface area contributed by atoms with Crippen molar-refractivity contribution in [1.29, 1.82) is 0 Å². The van der Waals surface area contributed by atoms with Gasteiger partial charge in [0, 0.05) is 17.5 Å². The lowest BCUT2D eigenvalue weighted by molar-refractivity contribution is -0.131. The molecule has 1 aromatic rings. The molecule has 1 aromatic carbocycles. The lowest BCUT2D eigenvalue weighted by atomic mass is 10.1. The Morgan fingerprint density at radius 3 is 2.56 bits per heavy atom. The minimum absolute atomic E-state index is 0.0325. The highest BCUT2D eigenvalue weighted by atomic mass is 16.2. The van der Waals surface area contributed by atoms with Gasteiger partial charge in [-0.3, -0.25) is 14.5 Å². The molecule has 0 unspecified atom stereocenters. The fourth-order valence-electron chi connectivity index (χ4n) is 2.78. The molecule has 16 heavy (non-hydrogen) atoms. The van der Waals surface area contributed by atoms with Crippen molar-refractivity contribution < 1.29 is 9.59 Å². The number of benzene rings is 1. The summed E-state index contributed by atoms with van der Waals surface area (Å²) in [5, 5.41) is 0. The highest BCUT2D eigenvalue weighted by Crippen LogP contribution is 2.39. The van der Waals surface area contributed by atoms with E-state index in [0.717, 1.165) is 19.3 Å². The van der Waals surface area contributed by atoms with E-state index in [1.54, 1.807) is 12.1 Å². The topological polar surface area (TPSA) is 37.4 Å². The van der Waals surface area contributed by atoms with E-state index in [0.29, 0.717) is 5.56 Å². The number of carbonyl (C=O) groups excluding carboxylic acids is 2. The lowest BCUT2D eigenvalue weighted by Gasteiger charge is -2.25. The second-order valence-electron chi connectivity index (χ2n) is 4.54. The number of hydrogen-bond donors (Lipinski definition) is 0. The maximum absolute atomic E-state index is 12.2. The zero-order valence-corrected chi connectivity index (χ0v) is 8.93. The molecule has 82 valence electrons. The third kappa shape index (κ3) is 1.28. The maximum atomic E-state index is 12.2. The van der Waals surface area contributed by atoms with Crippen LogP contribution in [-0.4, -0.2) is 22.8 Å². The molecule has 1 aliphatic heterocycles. The van der Waals surface area contributed by atoms with Crippen LogP contribution in [0.5, 0.6) is 0 Å². The standard InChI is InChI=1S/C13H13NO2/c15-12(9-4-2-1-3-5-9)14-11-7-6-10(8-11)13(14)16/h1-5,10-11H,6-8H2/t10-,11+/m1/s1. The molecule has 2 aliphatic rings. The van der Waals surface area contributed by atoms with Crippen molar-refractivity contribution in [3.8, 4) is 0 Å². The Morgan fingerprint density at radius 2 is 1.94 bits per heavy atom. The van der Waals surface area contributed by atoms with E-state index in [9.17, 15) is 9.59 Å². The number of hydrogen-bond acceptors (Lipinski definition) is 2. The van der Waals surface area contributed by atoms with Gasteiger partial charge in [-0.1, -0.05) is 18.2 Å². The molecule has 1 saturated heterocycles. The maximum Gasteiger partial charge on any atom is 0.260 e. The van der Waals surface area contributed by atoms with Crippen LogP contribution < -0.4 is 0 Å². The molecule has 2 bridgehead atoms. The van der Waals surface area contributed by atoms with E-state index in [2.05, 4.69) is 0 Å². The summed E-state index contributed by atoms with van der Waals surface area (Å²) in [7, 11) is 0. The van der Waals surface area contributed by atoms with Gasteiger partial charge in [0.2, 0.25) is 5.91 Å². The molecule has 1 aliphatic carbocycles. The van der Waals surface area contributed by atoms with Crippen molar-refractivity contribution in [3.05, 3.63) is 35.9 Å². The van der Waals surface area contributed by atoms with Gasteiger partial charge in [0.05, 0.1) is 0 Å². The monoisotopic (exact) mass is 215 g/mol. The number of imide groups is 1. The van der Waals surface area contributed by atoms with Gasteiger partial charge < -0.3 is 0 Å². The van der Waals surface area contributed by atoms with Crippen molar-refractivity contribution in [2.75, 3.05) is 0 Å². The molecule has 2 atom stereocenters. The van der Waals surface area contributed by atoms with Crippen molar-refractivity contribution in [2.45, 2.75) is 25.3 Å². The predicted octanol–water partition coefficient (Wildman–Crippen LogP) is 1.84. The molecule has 0 radical (unpaired) electrons. The van der Waals surface area contributed by atoms with Gasteiger partial charge >= 0.3 is 0 Å². The van der Waals surface area contributed by atoms with Gasteiger partial charge in [-0.15, -0.1) is 0 Å². The first-order valence-corrected chi connectivity index (χ1v) is 5.70. The summed E-state index contributed by atoms with van der Waals surface area (Å²) in [4.78, 5) is 25.5. The Kier molecular flexibility index (Phi) is 2.06. The number of amides is 2. The Balaban J connectivity index is 1.89. The van der Waals surface area contributed by atoms with Crippen LogP contribution in [0.15, 0.2) is 30.3 Å². The van der Waals surface area contributed by atoms with E-state index >= 15 is 0 Å². The Morgan fingerprint density at radius 1 is 1.19 bits per heavy atom. The van der Waals surface area contributed by atoms with E-state index < -0.39 is 0 Å². The smallest absolute Gasteiger partial charge is 0.260 e. The molecule has 0 aromatic heterocycles. The minimum Gasteiger partial charge on any atom is -0.275 e. The highest BCUT2D eigenvalue weighted by molar-refractivity contribution is 6.07. The van der Waals surface area contributed by atoms with Crippen molar-refractivity contribution in [1.82, 2.24) is 4.90 Å². The Labute approximate surface area is 94.1 Å². The van der Waals surface area contributed by atoms with Crippen LogP contribution in [0.4, 0.5) is 0 Å². The van der Waals surface area contributed by atoms with Gasteiger partial charge in [0.1, 0.15) is 0 Å². The van der Waals surface area contributed by atoms with Gasteiger partial charge in [-0.05, 0) is 31.4 Å². The summed E-state index contributed by atoms with van der Waals surface area (Å²) in [6.07, 6.45) is 2.81. The van der Waals surface area contributed by atoms with E-state index in [1.807, 2.05) is 18.2 Å². The van der Waals surface area contributed by atoms with Crippen molar-refractivity contribution in [2.24, 2.45) is 5.92 Å². The van der Waals surface area contributed by atoms with Crippen LogP contribution in [0.1, 0.15) is 29.6 Å². The van der Waals surface area contributed by atoms with Crippen LogP contribution in [0.3, 0.4) is 0 Å². The van der Waals surface area contributed by atoms with Crippen LogP contribution in [0.2, 0.25) is 0 Å². The van der Waals surface area contributed by atoms with Crippen molar-refractivity contribution in [3.63, 3.8) is 0 Å². The summed E-state index contributed by atoms with van der Waals surface area (Å²) < 4.78 is 0. The van der Waals surface area contributed by atoms with Gasteiger partial charge in [0.15, 0.2) is 0 Å². The molecule has 1 heterocycles. The minimum atomic E-state index is -0.127. The third-order valence-electron chi connectivity index (χ3n) is 3.60. The van der Waals surface area contributed by atoms with Gasteiger partial charge in [0.25, 0.3) is 5.91 Å². The summed E-state index contributed by atoms with van der Waals surface area (Å²) in [5.41, 5.74) is 0.614. The molecule has 3 nitrogen and oxygen atoms in total. The highest BCUT2D eigenvalue weighted by Gasteiger charge is 2.47. The largest absolute Gasteiger partial charge is 0.275 e. The molecule has 1 saturated carbocycles. The number of piperidine rings is 1. The predicted molar refractivity (Wildman–Crippen MR) is 58.7 cm³/mol. The Bertz CT molecular complexity index is 441. The third-order valence-corrected chi connectivity index (χ3v) is 3.60. The zero-order valence-electron chi connectivity index (χ0n) is 8.93. The van der Waals surface area contributed by atoms with Gasteiger partial charge in [-0.25, -0.2) is 0 Å². The zero-order chi connectivity index (χ0) is 11.1. The number of fused-ring (bicyclic) bond motifs is 2. The Hall–Kier alpha value is -1.64. The van der Waals surface area contributed by atoms with Crippen LogP contribution >= 0.6 is 0 Å². The van der Waals surface area contributed by atoms with Gasteiger partial charge in [-0.2, -0.15) is 0 Å². The molecule has 3 rings (SSSR count). The van der Waals surface area contributed by atoms with E-state index in [4.69, 9.17) is 0 Å². The fourth-order valence-corrected chi connectivity index (χ4v) is 2.78. The summed E-state index contributed by atoms with van der Waals surface area (Å²) >= 11 is 0. The van der Waals surface area contributed by atoms with E-state index in [1.165, 1.54) is 4.90 Å². The average Bonchev–Trinajstić information content (AvgIpc) is 2.90. The first-order chi connectivity index (χ1) is 7.77. The molecule has 3 heteroatoms. The molecular weight excluding hydrogens is 202 g/mol. The molecule has 0 N–H and O–H groups in total. The molecular formula is C13H13NO2. The second-order valence-corrected chi connectivity index (χ2v) is 4.54. The summed E-state index contributed by atoms with van der Waals surface area (Å²) in [6.45, 7) is 0. The summed E-state index contributed by atoms with van der Waals surface area (Å²) in [6, 6.07) is 9.21. The SMILES string of the molecule is O=C(c1ccccc1)N1C(=O)[C@@H]2CC[C@H]1C2. The first-order valence-electron chi connectivity index (χ1n) is 5.70. The number of likely N-dealkylation sites (tertiary alicyclic amines) is 1. The van der Waals surface area contributed by atoms with Crippen molar-refractivity contribution >= 4 is 11.8 Å². The molecule has 2 fully saturated rings. The van der Waals surface area contributed by atoms with Crippen LogP contribution in [0.25, 0.3) is 0 Å². The number of rotatable bonds is 1. The van der Waals surface area contributed by atoms with Crippen LogP contribution in [-0.2, 0) is 4.79 Å². The normalized spacial score (nSPS) is 27.5. The van der Waals surface area contributed by atoms with E-state index in [-0.39, 0.29) is 23.8 Å². The lowest BCUT2D eigenvalue weighted by Crippen LogP contribution is -2.41. The first kappa shape index (κ1) is 9.58. The summed E-state index contributed by atoms with van der Waals surface area (Å²) in [5.74, 6) is 0.0144. The number of carbonyl (C=O) groups is 2. The average molecular weight is 215 g/mol. The quantitative estimate of drug-likeness (QED) is 0.670. The van der Waals surface area contributed by atoms with Crippen LogP contribution in [0, 0.1) is 5.92 Å².